The molecule has 0 aromatic heterocycles. The molecule has 1 aliphatic heterocycles. The average Bonchev–Trinajstić information content (AvgIpc) is 1.77. The second-order valence-corrected chi connectivity index (χ2v) is 7.30. The zero-order valence-electron chi connectivity index (χ0n) is 3.87. The molecule has 0 nitrogen and oxygen atoms in total. The lowest BCUT2D eigenvalue weighted by atomic mass is 10.5. The zero-order chi connectivity index (χ0) is 5.98. The smallest absolute Gasteiger partial charge is 0.0463 e. The molecule has 0 atom stereocenters. The molecule has 44 valence electrons. The fourth-order valence-corrected chi connectivity index (χ4v) is 2.82. The highest BCUT2D eigenvalue weighted by Crippen LogP contribution is 2.26. The van der Waals surface area contributed by atoms with Gasteiger partial charge in [-0.3, -0.25) is 0 Å². The third-order valence-corrected chi connectivity index (χ3v) is 5.11. The van der Waals surface area contributed by atoms with Crippen LogP contribution < -0.4 is 0 Å². The van der Waals surface area contributed by atoms with Gasteiger partial charge in [-0.1, -0.05) is 32.3 Å². The standard InChI is InChI=1S/C5H3ClI2/c6-4-1-2-5(7)8-3-4/h1-3H. The number of halogens is 3. The Balaban J connectivity index is 2.86. The summed E-state index contributed by atoms with van der Waals surface area (Å²) in [4.78, 5) is 0. The first-order valence-corrected chi connectivity index (χ1v) is 5.77. The van der Waals surface area contributed by atoms with Crippen molar-refractivity contribution in [1.82, 2.24) is 0 Å². The van der Waals surface area contributed by atoms with E-state index in [4.69, 9.17) is 11.6 Å². The van der Waals surface area contributed by atoms with Crippen molar-refractivity contribution < 1.29 is 0 Å². The molecule has 0 radical (unpaired) electrons. The van der Waals surface area contributed by atoms with Gasteiger partial charge in [-0.05, 0) is 38.8 Å². The van der Waals surface area contributed by atoms with Crippen LogP contribution in [0, 0.1) is 0 Å². The molecule has 3 heteroatoms. The molecule has 1 rings (SSSR count). The molecule has 0 N–H and O–H groups in total. The van der Waals surface area contributed by atoms with Gasteiger partial charge in [0.1, 0.15) is 0 Å². The molecule has 0 unspecified atom stereocenters. The monoisotopic (exact) mass is 352 g/mol. The molecule has 0 saturated carbocycles. The second kappa shape index (κ2) is 3.31. The fourth-order valence-electron chi connectivity index (χ4n) is 0.320. The third kappa shape index (κ3) is 2.14. The molecule has 0 spiro atoms. The minimum Gasteiger partial charge on any atom is -0.0839 e. The highest BCUT2D eigenvalue weighted by Gasteiger charge is 1.90. The molecule has 0 saturated heterocycles. The summed E-state index contributed by atoms with van der Waals surface area (Å²) in [5, 5.41) is 0.901. The summed E-state index contributed by atoms with van der Waals surface area (Å²) in [6.45, 7) is 0. The van der Waals surface area contributed by atoms with Crippen LogP contribution in [0.25, 0.3) is 0 Å². The van der Waals surface area contributed by atoms with Crippen LogP contribution in [-0.2, 0) is 0 Å². The van der Waals surface area contributed by atoms with Crippen molar-refractivity contribution in [3.05, 3.63) is 18.8 Å². The normalized spacial score (nSPS) is 18.8. The van der Waals surface area contributed by atoms with Gasteiger partial charge in [0.25, 0.3) is 0 Å². The van der Waals surface area contributed by atoms with Crippen LogP contribution >= 0.6 is 54.9 Å². The number of hydrogen-bond donors (Lipinski definition) is 0. The van der Waals surface area contributed by atoms with Crippen molar-refractivity contribution in [2.75, 3.05) is 0 Å². The van der Waals surface area contributed by atoms with Crippen LogP contribution in [-0.4, -0.2) is 4.01 Å². The topological polar surface area (TPSA) is 0 Å². The minimum atomic E-state index is 0.134. The van der Waals surface area contributed by atoms with E-state index in [1.54, 1.807) is 0 Å². The summed E-state index contributed by atoms with van der Waals surface area (Å²) in [5.74, 6) is 0. The van der Waals surface area contributed by atoms with Gasteiger partial charge >= 0.3 is 0 Å². The van der Waals surface area contributed by atoms with Crippen molar-refractivity contribution in [2.24, 2.45) is 0 Å². The summed E-state index contributed by atoms with van der Waals surface area (Å²) < 4.78 is 3.56. The first-order chi connectivity index (χ1) is 3.79. The Morgan fingerprint density at radius 2 is 2.25 bits per heavy atom. The van der Waals surface area contributed by atoms with Crippen molar-refractivity contribution in [3.63, 3.8) is 0 Å². The van der Waals surface area contributed by atoms with Gasteiger partial charge in [0.15, 0.2) is 0 Å². The Hall–Kier alpha value is 1.10. The molecular weight excluding hydrogens is 349 g/mol. The molecule has 0 aliphatic carbocycles. The molecule has 0 aromatic rings. The van der Waals surface area contributed by atoms with E-state index in [2.05, 4.69) is 32.7 Å². The maximum absolute atomic E-state index is 5.67. The fraction of sp³-hybridized carbons (Fsp3) is 0. The van der Waals surface area contributed by atoms with Crippen LogP contribution in [0.2, 0.25) is 0 Å². The Bertz CT molecular complexity index is 159. The van der Waals surface area contributed by atoms with Crippen LogP contribution in [0.5, 0.6) is 0 Å². The van der Waals surface area contributed by atoms with E-state index in [9.17, 15) is 0 Å². The molecule has 1 heterocycles. The molecular formula is C5H3ClI2. The lowest BCUT2D eigenvalue weighted by molar-refractivity contribution is 2.03. The lowest BCUT2D eigenvalue weighted by Crippen LogP contribution is -1.71. The first-order valence-electron chi connectivity index (χ1n) is 1.98. The van der Waals surface area contributed by atoms with E-state index >= 15 is 0 Å². The van der Waals surface area contributed by atoms with Crippen LogP contribution in [0.3, 0.4) is 0 Å². The quantitative estimate of drug-likeness (QED) is 0.588. The van der Waals surface area contributed by atoms with Crippen molar-refractivity contribution in [2.45, 2.75) is 0 Å². The Morgan fingerprint density at radius 1 is 1.50 bits per heavy atom. The summed E-state index contributed by atoms with van der Waals surface area (Å²) in [7, 11) is 0. The second-order valence-electron chi connectivity index (χ2n) is 1.23. The van der Waals surface area contributed by atoms with Gasteiger partial charge < -0.3 is 0 Å². The predicted molar refractivity (Wildman–Crippen MR) is 56.1 cm³/mol. The molecule has 0 bridgehead atoms. The average molecular weight is 352 g/mol. The summed E-state index contributed by atoms with van der Waals surface area (Å²) in [6.07, 6.45) is 4.02. The zero-order valence-corrected chi connectivity index (χ0v) is 8.94. The number of allylic oxidation sites excluding steroid dienone is 3. The van der Waals surface area contributed by atoms with Crippen LogP contribution in [0.1, 0.15) is 0 Å². The van der Waals surface area contributed by atoms with Gasteiger partial charge in [-0.25, -0.2) is 0 Å². The SMILES string of the molecule is ClC1=CC=C(I)I=C1. The maximum atomic E-state index is 5.67. The molecule has 0 fully saturated rings. The van der Waals surface area contributed by atoms with E-state index < -0.39 is 0 Å². The first kappa shape index (κ1) is 7.21. The van der Waals surface area contributed by atoms with Gasteiger partial charge in [-0.15, -0.1) is 0 Å². The predicted octanol–water partition coefficient (Wildman–Crippen LogP) is 3.17. The maximum Gasteiger partial charge on any atom is 0.0463 e. The summed E-state index contributed by atoms with van der Waals surface area (Å²) in [6, 6.07) is 0. The van der Waals surface area contributed by atoms with Gasteiger partial charge in [-0.2, -0.15) is 0 Å². The highest BCUT2D eigenvalue weighted by molar-refractivity contribution is 14.2. The lowest BCUT2D eigenvalue weighted by Gasteiger charge is -1.92. The third-order valence-electron chi connectivity index (χ3n) is 0.632. The van der Waals surface area contributed by atoms with Crippen molar-refractivity contribution >= 4 is 58.9 Å². The van der Waals surface area contributed by atoms with Crippen LogP contribution in [0.4, 0.5) is 0 Å². The van der Waals surface area contributed by atoms with E-state index in [0.717, 1.165) is 5.03 Å². The van der Waals surface area contributed by atoms with Crippen molar-refractivity contribution in [3.8, 4) is 0 Å². The molecule has 1 aliphatic rings. The highest BCUT2D eigenvalue weighted by atomic mass is 127. The Kier molecular flexibility index (Phi) is 2.99. The summed E-state index contributed by atoms with van der Waals surface area (Å²) in [5.41, 5.74) is 0. The van der Waals surface area contributed by atoms with Gasteiger partial charge in [0.05, 0.1) is 0 Å². The molecule has 0 aromatic carbocycles. The number of hydrogen-bond acceptors (Lipinski definition) is 0. The van der Waals surface area contributed by atoms with E-state index in [1.807, 2.05) is 6.08 Å². The Labute approximate surface area is 76.9 Å². The van der Waals surface area contributed by atoms with Gasteiger partial charge in [0.2, 0.25) is 0 Å². The minimum absolute atomic E-state index is 0.134. The van der Waals surface area contributed by atoms with E-state index in [0.29, 0.717) is 0 Å². The molecule has 0 amide bonds. The van der Waals surface area contributed by atoms with Gasteiger partial charge in [0, 0.05) is 6.62 Å². The number of rotatable bonds is 0. The molecule has 8 heavy (non-hydrogen) atoms. The Morgan fingerprint density at radius 3 is 2.62 bits per heavy atom. The van der Waals surface area contributed by atoms with Crippen molar-refractivity contribution in [1.29, 1.82) is 0 Å². The largest absolute Gasteiger partial charge is 0.0839 e. The van der Waals surface area contributed by atoms with E-state index in [-0.39, 0.29) is 20.7 Å². The van der Waals surface area contributed by atoms with Crippen LogP contribution in [0.15, 0.2) is 18.8 Å². The summed E-state index contributed by atoms with van der Waals surface area (Å²) >= 11 is 8.14. The van der Waals surface area contributed by atoms with E-state index in [1.165, 1.54) is 1.59 Å².